The lowest BCUT2D eigenvalue weighted by Gasteiger charge is -2.12. The summed E-state index contributed by atoms with van der Waals surface area (Å²) in [5.41, 5.74) is 0.648. The smallest absolute Gasteiger partial charge is 0.234 e. The van der Waals surface area contributed by atoms with Crippen LogP contribution in [0.4, 0.5) is 5.69 Å². The van der Waals surface area contributed by atoms with Crippen molar-refractivity contribution in [1.29, 1.82) is 0 Å². The Morgan fingerprint density at radius 3 is 2.56 bits per heavy atom. The van der Waals surface area contributed by atoms with Crippen molar-refractivity contribution in [2.24, 2.45) is 0 Å². The molecule has 1 aromatic rings. The number of hydrogen-bond donors (Lipinski definition) is 2. The van der Waals surface area contributed by atoms with Crippen LogP contribution in [0.3, 0.4) is 0 Å². The first kappa shape index (κ1) is 15.3. The molecule has 0 aliphatic heterocycles. The van der Waals surface area contributed by atoms with Crippen molar-refractivity contribution in [2.45, 2.75) is 24.8 Å². The minimum absolute atomic E-state index is 0.0773. The Balaban J connectivity index is 2.65. The Bertz CT molecular complexity index is 473. The molecule has 18 heavy (non-hydrogen) atoms. The third-order valence-corrected chi connectivity index (χ3v) is 4.36. The van der Waals surface area contributed by atoms with Crippen LogP contribution in [-0.4, -0.2) is 33.0 Å². The lowest BCUT2D eigenvalue weighted by molar-refractivity contribution is 0.582. The molecule has 0 aliphatic rings. The summed E-state index contributed by atoms with van der Waals surface area (Å²) < 4.78 is 26.4. The summed E-state index contributed by atoms with van der Waals surface area (Å²) in [6.07, 6.45) is 1.92. The van der Waals surface area contributed by atoms with Crippen molar-refractivity contribution in [3.8, 4) is 0 Å². The summed E-state index contributed by atoms with van der Waals surface area (Å²) in [5.74, 6) is 0.0773. The Morgan fingerprint density at radius 1 is 1.28 bits per heavy atom. The summed E-state index contributed by atoms with van der Waals surface area (Å²) in [7, 11) is -3.29. The number of benzene rings is 1. The zero-order chi connectivity index (χ0) is 13.6. The second-order valence-corrected chi connectivity index (χ2v) is 6.92. The second kappa shape index (κ2) is 7.01. The zero-order valence-electron chi connectivity index (χ0n) is 10.9. The molecule has 0 spiro atoms. The van der Waals surface area contributed by atoms with E-state index in [1.54, 1.807) is 6.07 Å². The molecule has 1 aromatic carbocycles. The molecule has 1 rings (SSSR count). The Hall–Kier alpha value is -0.720. The zero-order valence-corrected chi connectivity index (χ0v) is 12.6. The van der Waals surface area contributed by atoms with Gasteiger partial charge in [0.05, 0.1) is 11.4 Å². The Labute approximate surface area is 114 Å². The molecule has 0 amide bonds. The molecule has 0 heterocycles. The van der Waals surface area contributed by atoms with Gasteiger partial charge in [-0.25, -0.2) is 8.42 Å². The summed E-state index contributed by atoms with van der Waals surface area (Å²) in [6.45, 7) is 4.43. The van der Waals surface area contributed by atoms with Crippen LogP contribution in [0.1, 0.15) is 13.8 Å². The highest BCUT2D eigenvalue weighted by molar-refractivity contribution is 7.99. The SMILES string of the molecule is CSc1ccccc1NS(=O)(=O)CCNC(C)C. The summed E-state index contributed by atoms with van der Waals surface area (Å²) in [4.78, 5) is 0.929. The topological polar surface area (TPSA) is 58.2 Å². The van der Waals surface area contributed by atoms with Crippen LogP contribution in [0.15, 0.2) is 29.2 Å². The fraction of sp³-hybridized carbons (Fsp3) is 0.500. The van der Waals surface area contributed by atoms with Gasteiger partial charge >= 0.3 is 0 Å². The molecular weight excluding hydrogens is 268 g/mol. The fourth-order valence-corrected chi connectivity index (χ4v) is 3.05. The van der Waals surface area contributed by atoms with Crippen LogP contribution in [0.25, 0.3) is 0 Å². The first-order chi connectivity index (χ1) is 8.44. The van der Waals surface area contributed by atoms with Crippen LogP contribution in [0.5, 0.6) is 0 Å². The first-order valence-corrected chi connectivity index (χ1v) is 8.69. The average Bonchev–Trinajstić information content (AvgIpc) is 2.28. The minimum Gasteiger partial charge on any atom is -0.313 e. The molecule has 0 aromatic heterocycles. The molecule has 6 heteroatoms. The van der Waals surface area contributed by atoms with Crippen molar-refractivity contribution in [3.05, 3.63) is 24.3 Å². The van der Waals surface area contributed by atoms with E-state index in [4.69, 9.17) is 0 Å². The molecule has 0 bridgehead atoms. The van der Waals surface area contributed by atoms with Gasteiger partial charge in [0.2, 0.25) is 10.0 Å². The number of sulfonamides is 1. The van der Waals surface area contributed by atoms with Crippen LogP contribution >= 0.6 is 11.8 Å². The van der Waals surface area contributed by atoms with Crippen LogP contribution in [0, 0.1) is 0 Å². The van der Waals surface area contributed by atoms with E-state index in [-0.39, 0.29) is 5.75 Å². The predicted molar refractivity (Wildman–Crippen MR) is 78.8 cm³/mol. The van der Waals surface area contributed by atoms with E-state index < -0.39 is 10.0 Å². The highest BCUT2D eigenvalue weighted by Gasteiger charge is 2.12. The van der Waals surface area contributed by atoms with E-state index in [0.717, 1.165) is 4.90 Å². The van der Waals surface area contributed by atoms with Crippen molar-refractivity contribution in [1.82, 2.24) is 5.32 Å². The van der Waals surface area contributed by atoms with Gasteiger partial charge in [-0.15, -0.1) is 11.8 Å². The Morgan fingerprint density at radius 2 is 1.94 bits per heavy atom. The van der Waals surface area contributed by atoms with Crippen LogP contribution < -0.4 is 10.0 Å². The fourth-order valence-electron chi connectivity index (χ4n) is 1.43. The van der Waals surface area contributed by atoms with E-state index in [0.29, 0.717) is 18.3 Å². The normalized spacial score (nSPS) is 11.8. The van der Waals surface area contributed by atoms with Crippen molar-refractivity contribution in [2.75, 3.05) is 23.3 Å². The van der Waals surface area contributed by atoms with Crippen molar-refractivity contribution >= 4 is 27.5 Å². The predicted octanol–water partition coefficient (Wildman–Crippen LogP) is 2.15. The minimum atomic E-state index is -3.29. The van der Waals surface area contributed by atoms with E-state index in [2.05, 4.69) is 10.0 Å². The molecule has 102 valence electrons. The molecule has 2 N–H and O–H groups in total. The molecule has 0 unspecified atom stereocenters. The van der Waals surface area contributed by atoms with Gasteiger partial charge in [0.15, 0.2) is 0 Å². The maximum absolute atomic E-state index is 11.9. The van der Waals surface area contributed by atoms with Gasteiger partial charge < -0.3 is 5.32 Å². The Kier molecular flexibility index (Phi) is 5.98. The van der Waals surface area contributed by atoms with E-state index >= 15 is 0 Å². The van der Waals surface area contributed by atoms with Crippen molar-refractivity contribution < 1.29 is 8.42 Å². The lowest BCUT2D eigenvalue weighted by atomic mass is 10.3. The van der Waals surface area contributed by atoms with Crippen LogP contribution in [0.2, 0.25) is 0 Å². The second-order valence-electron chi connectivity index (χ2n) is 4.23. The van der Waals surface area contributed by atoms with Gasteiger partial charge in [0.25, 0.3) is 0 Å². The molecule has 0 saturated heterocycles. The maximum atomic E-state index is 11.9. The number of rotatable bonds is 7. The summed E-state index contributed by atoms with van der Waals surface area (Å²) in [6, 6.07) is 7.68. The average molecular weight is 288 g/mol. The third-order valence-electron chi connectivity index (χ3n) is 2.30. The van der Waals surface area contributed by atoms with E-state index in [9.17, 15) is 8.42 Å². The largest absolute Gasteiger partial charge is 0.313 e. The quantitative estimate of drug-likeness (QED) is 0.755. The monoisotopic (exact) mass is 288 g/mol. The molecule has 0 aliphatic carbocycles. The molecule has 4 nitrogen and oxygen atoms in total. The van der Waals surface area contributed by atoms with Gasteiger partial charge in [-0.1, -0.05) is 26.0 Å². The number of para-hydroxylation sites is 1. The van der Waals surface area contributed by atoms with Crippen LogP contribution in [-0.2, 0) is 10.0 Å². The lowest BCUT2D eigenvalue weighted by Crippen LogP contribution is -2.31. The number of nitrogens with one attached hydrogen (secondary N) is 2. The van der Waals surface area contributed by atoms with E-state index in [1.807, 2.05) is 38.3 Å². The van der Waals surface area contributed by atoms with Gasteiger partial charge in [0.1, 0.15) is 0 Å². The highest BCUT2D eigenvalue weighted by Crippen LogP contribution is 2.25. The maximum Gasteiger partial charge on any atom is 0.234 e. The molecule has 0 saturated carbocycles. The number of thioether (sulfide) groups is 1. The van der Waals surface area contributed by atoms with Gasteiger partial charge in [0, 0.05) is 17.5 Å². The first-order valence-electron chi connectivity index (χ1n) is 5.81. The molecule has 0 radical (unpaired) electrons. The number of hydrogen-bond acceptors (Lipinski definition) is 4. The summed E-state index contributed by atoms with van der Waals surface area (Å²) in [5, 5.41) is 3.09. The highest BCUT2D eigenvalue weighted by atomic mass is 32.2. The standard InChI is InChI=1S/C12H20N2O2S2/c1-10(2)13-8-9-18(15,16)14-11-6-4-5-7-12(11)17-3/h4-7,10,13-14H,8-9H2,1-3H3. The van der Waals surface area contributed by atoms with Gasteiger partial charge in [-0.3, -0.25) is 4.72 Å². The van der Waals surface area contributed by atoms with Gasteiger partial charge in [-0.2, -0.15) is 0 Å². The summed E-state index contributed by atoms with van der Waals surface area (Å²) >= 11 is 1.52. The van der Waals surface area contributed by atoms with Gasteiger partial charge in [-0.05, 0) is 18.4 Å². The van der Waals surface area contributed by atoms with Crippen molar-refractivity contribution in [3.63, 3.8) is 0 Å². The third kappa shape index (κ3) is 5.29. The molecule has 0 atom stereocenters. The molecule has 0 fully saturated rings. The number of anilines is 1. The molecular formula is C12H20N2O2S2. The van der Waals surface area contributed by atoms with E-state index in [1.165, 1.54) is 11.8 Å².